The predicted molar refractivity (Wildman–Crippen MR) is 78.6 cm³/mol. The normalized spacial score (nSPS) is 12.0. The molecule has 2 amide bonds. The molecule has 1 aromatic rings. The Labute approximate surface area is 121 Å². The molecule has 1 rings (SSSR count). The molecule has 0 saturated carbocycles. The minimum Gasteiger partial charge on any atom is -0.372 e. The van der Waals surface area contributed by atoms with Gasteiger partial charge in [-0.25, -0.2) is 0 Å². The van der Waals surface area contributed by atoms with Crippen molar-refractivity contribution in [2.75, 3.05) is 5.32 Å². The second kappa shape index (κ2) is 7.13. The molecule has 104 valence electrons. The summed E-state index contributed by atoms with van der Waals surface area (Å²) in [5.41, 5.74) is 6.04. The van der Waals surface area contributed by atoms with Crippen molar-refractivity contribution in [3.63, 3.8) is 0 Å². The fourth-order valence-corrected chi connectivity index (χ4v) is 1.95. The number of hydrogen-bond acceptors (Lipinski definition) is 3. The van der Waals surface area contributed by atoms with Gasteiger partial charge in [-0.15, -0.1) is 0 Å². The Morgan fingerprint density at radius 3 is 2.47 bits per heavy atom. The van der Waals surface area contributed by atoms with E-state index in [1.165, 1.54) is 0 Å². The third kappa shape index (κ3) is 5.30. The number of nitrogens with one attached hydrogen (secondary N) is 2. The van der Waals surface area contributed by atoms with Crippen LogP contribution in [-0.2, 0) is 9.59 Å². The third-order valence-electron chi connectivity index (χ3n) is 2.39. The standard InChI is InChI=1S/C13H18BrN3O2/c1-8(2)16-12(18)7-11(13(15)19)17-10-6-4-3-5-9(10)14/h3-6,8,11,17H,7H2,1-2H3,(H2,15,19)(H,16,18). The monoisotopic (exact) mass is 327 g/mol. The molecule has 0 saturated heterocycles. The van der Waals surface area contributed by atoms with Crippen LogP contribution in [0.1, 0.15) is 20.3 Å². The minimum atomic E-state index is -0.738. The molecule has 1 atom stereocenters. The SMILES string of the molecule is CC(C)NC(=O)CC(Nc1ccccc1Br)C(N)=O. The van der Waals surface area contributed by atoms with Gasteiger partial charge in [0, 0.05) is 16.2 Å². The van der Waals surface area contributed by atoms with Crippen LogP contribution in [0.2, 0.25) is 0 Å². The quantitative estimate of drug-likeness (QED) is 0.742. The molecule has 0 fully saturated rings. The Morgan fingerprint density at radius 1 is 1.32 bits per heavy atom. The second-order valence-electron chi connectivity index (χ2n) is 4.51. The first-order valence-corrected chi connectivity index (χ1v) is 6.79. The lowest BCUT2D eigenvalue weighted by molar-refractivity contribution is -0.125. The first kappa shape index (κ1) is 15.5. The zero-order valence-electron chi connectivity index (χ0n) is 10.9. The Bertz CT molecular complexity index is 463. The van der Waals surface area contributed by atoms with Crippen molar-refractivity contribution in [1.29, 1.82) is 0 Å². The summed E-state index contributed by atoms with van der Waals surface area (Å²) in [5.74, 6) is -0.770. The Hall–Kier alpha value is -1.56. The van der Waals surface area contributed by atoms with Crippen molar-refractivity contribution in [1.82, 2.24) is 5.32 Å². The van der Waals surface area contributed by atoms with Gasteiger partial charge in [-0.05, 0) is 41.9 Å². The number of primary amides is 1. The summed E-state index contributed by atoms with van der Waals surface area (Å²) in [7, 11) is 0. The Balaban J connectivity index is 2.71. The number of benzene rings is 1. The van der Waals surface area contributed by atoms with Crippen LogP contribution in [0.3, 0.4) is 0 Å². The summed E-state index contributed by atoms with van der Waals surface area (Å²) in [5, 5.41) is 5.70. The lowest BCUT2D eigenvalue weighted by Gasteiger charge is -2.18. The summed E-state index contributed by atoms with van der Waals surface area (Å²) in [6.07, 6.45) is 0.00878. The number of para-hydroxylation sites is 1. The molecule has 4 N–H and O–H groups in total. The maximum absolute atomic E-state index is 11.7. The van der Waals surface area contributed by atoms with Crippen LogP contribution in [0, 0.1) is 0 Å². The summed E-state index contributed by atoms with van der Waals surface area (Å²) >= 11 is 3.37. The molecule has 0 aliphatic rings. The number of carbonyl (C=O) groups excluding carboxylic acids is 2. The lowest BCUT2D eigenvalue weighted by Crippen LogP contribution is -2.41. The van der Waals surface area contributed by atoms with Crippen LogP contribution in [0.4, 0.5) is 5.69 Å². The van der Waals surface area contributed by atoms with Crippen molar-refractivity contribution < 1.29 is 9.59 Å². The van der Waals surface area contributed by atoms with E-state index in [0.29, 0.717) is 0 Å². The highest BCUT2D eigenvalue weighted by atomic mass is 79.9. The number of amides is 2. The van der Waals surface area contributed by atoms with Gasteiger partial charge in [-0.3, -0.25) is 9.59 Å². The van der Waals surface area contributed by atoms with E-state index >= 15 is 0 Å². The van der Waals surface area contributed by atoms with Crippen molar-refractivity contribution in [3.05, 3.63) is 28.7 Å². The van der Waals surface area contributed by atoms with E-state index in [2.05, 4.69) is 26.6 Å². The molecular formula is C13H18BrN3O2. The van der Waals surface area contributed by atoms with E-state index in [-0.39, 0.29) is 18.4 Å². The average Bonchev–Trinajstić information content (AvgIpc) is 2.29. The van der Waals surface area contributed by atoms with Crippen LogP contribution < -0.4 is 16.4 Å². The van der Waals surface area contributed by atoms with Crippen molar-refractivity contribution in [3.8, 4) is 0 Å². The van der Waals surface area contributed by atoms with E-state index in [0.717, 1.165) is 10.2 Å². The largest absolute Gasteiger partial charge is 0.372 e. The van der Waals surface area contributed by atoms with E-state index in [4.69, 9.17) is 5.73 Å². The molecule has 1 aromatic carbocycles. The van der Waals surface area contributed by atoms with Gasteiger partial charge in [-0.2, -0.15) is 0 Å². The number of halogens is 1. The summed E-state index contributed by atoms with van der Waals surface area (Å²) in [4.78, 5) is 23.1. The summed E-state index contributed by atoms with van der Waals surface area (Å²) < 4.78 is 0.811. The molecule has 0 radical (unpaired) electrons. The number of anilines is 1. The predicted octanol–water partition coefficient (Wildman–Crippen LogP) is 1.63. The van der Waals surface area contributed by atoms with Crippen LogP contribution in [0.5, 0.6) is 0 Å². The summed E-state index contributed by atoms with van der Waals surface area (Å²) in [6.45, 7) is 3.72. The van der Waals surface area contributed by atoms with Gasteiger partial charge >= 0.3 is 0 Å². The highest BCUT2D eigenvalue weighted by molar-refractivity contribution is 9.10. The number of carbonyl (C=O) groups is 2. The summed E-state index contributed by atoms with van der Waals surface area (Å²) in [6, 6.07) is 6.64. The van der Waals surface area contributed by atoms with Crippen molar-refractivity contribution >= 4 is 33.4 Å². The molecular weight excluding hydrogens is 310 g/mol. The first-order valence-electron chi connectivity index (χ1n) is 6.00. The zero-order chi connectivity index (χ0) is 14.4. The van der Waals surface area contributed by atoms with Gasteiger partial charge in [0.1, 0.15) is 6.04 Å². The van der Waals surface area contributed by atoms with Gasteiger partial charge in [0.25, 0.3) is 0 Å². The van der Waals surface area contributed by atoms with Gasteiger partial charge in [0.05, 0.1) is 6.42 Å². The first-order chi connectivity index (χ1) is 8.90. The smallest absolute Gasteiger partial charge is 0.240 e. The second-order valence-corrected chi connectivity index (χ2v) is 5.36. The number of hydrogen-bond donors (Lipinski definition) is 3. The molecule has 1 unspecified atom stereocenters. The zero-order valence-corrected chi connectivity index (χ0v) is 12.5. The van der Waals surface area contributed by atoms with E-state index in [9.17, 15) is 9.59 Å². The average molecular weight is 328 g/mol. The fourth-order valence-electron chi connectivity index (χ4n) is 1.56. The molecule has 6 heteroatoms. The van der Waals surface area contributed by atoms with Crippen LogP contribution in [-0.4, -0.2) is 23.9 Å². The molecule has 19 heavy (non-hydrogen) atoms. The maximum Gasteiger partial charge on any atom is 0.240 e. The van der Waals surface area contributed by atoms with Gasteiger partial charge < -0.3 is 16.4 Å². The van der Waals surface area contributed by atoms with Gasteiger partial charge in [0.2, 0.25) is 11.8 Å². The topological polar surface area (TPSA) is 84.2 Å². The number of rotatable bonds is 6. The maximum atomic E-state index is 11.7. The van der Waals surface area contributed by atoms with Crippen molar-refractivity contribution in [2.45, 2.75) is 32.4 Å². The third-order valence-corrected chi connectivity index (χ3v) is 3.08. The minimum absolute atomic E-state index is 0.00878. The van der Waals surface area contributed by atoms with Crippen LogP contribution >= 0.6 is 15.9 Å². The molecule has 0 aromatic heterocycles. The molecule has 0 aliphatic carbocycles. The lowest BCUT2D eigenvalue weighted by atomic mass is 10.1. The molecule has 0 bridgehead atoms. The van der Waals surface area contributed by atoms with Gasteiger partial charge in [-0.1, -0.05) is 12.1 Å². The molecule has 5 nitrogen and oxygen atoms in total. The van der Waals surface area contributed by atoms with E-state index < -0.39 is 11.9 Å². The highest BCUT2D eigenvalue weighted by Crippen LogP contribution is 2.22. The van der Waals surface area contributed by atoms with Crippen LogP contribution in [0.25, 0.3) is 0 Å². The van der Waals surface area contributed by atoms with Gasteiger partial charge in [0.15, 0.2) is 0 Å². The molecule has 0 spiro atoms. The highest BCUT2D eigenvalue weighted by Gasteiger charge is 2.20. The Morgan fingerprint density at radius 2 is 1.95 bits per heavy atom. The van der Waals surface area contributed by atoms with Crippen LogP contribution in [0.15, 0.2) is 28.7 Å². The van der Waals surface area contributed by atoms with E-state index in [1.54, 1.807) is 6.07 Å². The fraction of sp³-hybridized carbons (Fsp3) is 0.385. The Kier molecular flexibility index (Phi) is 5.82. The van der Waals surface area contributed by atoms with E-state index in [1.807, 2.05) is 32.0 Å². The number of nitrogens with two attached hydrogens (primary N) is 1. The molecule has 0 aliphatic heterocycles. The van der Waals surface area contributed by atoms with Crippen molar-refractivity contribution in [2.24, 2.45) is 5.73 Å². The molecule has 0 heterocycles.